The number of aromatic nitrogens is 1. The molecule has 1 aromatic carbocycles. The van der Waals surface area contributed by atoms with E-state index in [1.807, 2.05) is 32.0 Å². The van der Waals surface area contributed by atoms with Crippen LogP contribution in [0.4, 0.5) is 11.5 Å². The van der Waals surface area contributed by atoms with E-state index in [0.717, 1.165) is 31.0 Å². The van der Waals surface area contributed by atoms with E-state index in [2.05, 4.69) is 43.7 Å². The number of anilines is 2. The molecule has 6 heteroatoms. The van der Waals surface area contributed by atoms with Gasteiger partial charge in [-0.3, -0.25) is 9.79 Å². The van der Waals surface area contributed by atoms with Crippen LogP contribution in [0.25, 0.3) is 0 Å². The molecule has 0 radical (unpaired) electrons. The first-order valence-electron chi connectivity index (χ1n) is 9.03. The molecule has 1 aromatic heterocycles. The molecule has 0 fully saturated rings. The summed E-state index contributed by atoms with van der Waals surface area (Å²) in [5.41, 5.74) is 3.59. The van der Waals surface area contributed by atoms with Crippen LogP contribution in [0.2, 0.25) is 0 Å². The fraction of sp³-hybridized carbons (Fsp3) is 0.350. The quantitative estimate of drug-likeness (QED) is 0.642. The fourth-order valence-electron chi connectivity index (χ4n) is 2.96. The Kier molecular flexibility index (Phi) is 5.84. The van der Waals surface area contributed by atoms with Crippen molar-refractivity contribution in [3.63, 3.8) is 0 Å². The number of carbonyl (C=O) groups excluding carboxylic acids is 1. The minimum absolute atomic E-state index is 0.0808. The summed E-state index contributed by atoms with van der Waals surface area (Å²) < 4.78 is 0. The molecule has 26 heavy (non-hydrogen) atoms. The summed E-state index contributed by atoms with van der Waals surface area (Å²) >= 11 is 0. The third kappa shape index (κ3) is 4.39. The smallest absolute Gasteiger partial charge is 0.227 e. The third-order valence-electron chi connectivity index (χ3n) is 4.26. The molecular weight excluding hydrogens is 326 g/mol. The van der Waals surface area contributed by atoms with Crippen LogP contribution in [0, 0.1) is 6.92 Å². The minimum Gasteiger partial charge on any atom is -0.356 e. The summed E-state index contributed by atoms with van der Waals surface area (Å²) in [6.07, 6.45) is 3.07. The lowest BCUT2D eigenvalue weighted by molar-refractivity contribution is -0.116. The van der Waals surface area contributed by atoms with Gasteiger partial charge in [-0.05, 0) is 43.5 Å². The van der Waals surface area contributed by atoms with Crippen LogP contribution < -0.4 is 15.5 Å². The molecule has 136 valence electrons. The Morgan fingerprint density at radius 3 is 2.88 bits per heavy atom. The second kappa shape index (κ2) is 8.47. The van der Waals surface area contributed by atoms with Gasteiger partial charge in [0.25, 0.3) is 0 Å². The Morgan fingerprint density at radius 2 is 2.12 bits per heavy atom. The van der Waals surface area contributed by atoms with Crippen molar-refractivity contribution >= 4 is 23.4 Å². The Hall–Kier alpha value is -2.89. The molecular formula is C20H25N5O. The average molecular weight is 351 g/mol. The highest BCUT2D eigenvalue weighted by molar-refractivity contribution is 5.98. The molecule has 0 atom stereocenters. The number of nitrogens with one attached hydrogen (secondary N) is 2. The van der Waals surface area contributed by atoms with Crippen molar-refractivity contribution in [3.8, 4) is 0 Å². The number of para-hydroxylation sites is 1. The average Bonchev–Trinajstić information content (AvgIpc) is 3.07. The van der Waals surface area contributed by atoms with Gasteiger partial charge in [0.15, 0.2) is 5.96 Å². The number of nitrogens with zero attached hydrogens (tertiary/aromatic N) is 3. The van der Waals surface area contributed by atoms with Gasteiger partial charge in [-0.2, -0.15) is 0 Å². The SMILES string of the molecule is CCNC(=NCCC(=O)Nc1ccc(C)cn1)N1CCc2ccccc21. The van der Waals surface area contributed by atoms with Crippen molar-refractivity contribution < 1.29 is 4.79 Å². The number of aliphatic imine (C=N–C) groups is 1. The van der Waals surface area contributed by atoms with Crippen LogP contribution in [0.5, 0.6) is 0 Å². The maximum absolute atomic E-state index is 12.1. The van der Waals surface area contributed by atoms with Gasteiger partial charge in [-0.1, -0.05) is 24.3 Å². The Balaban J connectivity index is 1.59. The number of aryl methyl sites for hydroxylation is 1. The molecule has 0 saturated heterocycles. The molecule has 0 saturated carbocycles. The topological polar surface area (TPSA) is 69.6 Å². The van der Waals surface area contributed by atoms with Gasteiger partial charge >= 0.3 is 0 Å². The number of rotatable bonds is 5. The van der Waals surface area contributed by atoms with Crippen molar-refractivity contribution in [1.82, 2.24) is 10.3 Å². The van der Waals surface area contributed by atoms with Gasteiger partial charge in [0.05, 0.1) is 6.54 Å². The summed E-state index contributed by atoms with van der Waals surface area (Å²) in [5.74, 6) is 1.33. The largest absolute Gasteiger partial charge is 0.356 e. The number of pyridine rings is 1. The van der Waals surface area contributed by atoms with Gasteiger partial charge in [0.2, 0.25) is 5.91 Å². The Morgan fingerprint density at radius 1 is 1.27 bits per heavy atom. The first-order valence-corrected chi connectivity index (χ1v) is 9.03. The summed E-state index contributed by atoms with van der Waals surface area (Å²) in [5, 5.41) is 6.13. The van der Waals surface area contributed by atoms with Crippen LogP contribution in [0.1, 0.15) is 24.5 Å². The van der Waals surface area contributed by atoms with Crippen molar-refractivity contribution in [2.24, 2.45) is 4.99 Å². The highest BCUT2D eigenvalue weighted by Crippen LogP contribution is 2.27. The van der Waals surface area contributed by atoms with E-state index >= 15 is 0 Å². The van der Waals surface area contributed by atoms with E-state index in [1.54, 1.807) is 6.20 Å². The molecule has 0 unspecified atom stereocenters. The molecule has 2 heterocycles. The number of benzene rings is 1. The monoisotopic (exact) mass is 351 g/mol. The second-order valence-corrected chi connectivity index (χ2v) is 6.28. The molecule has 1 aliphatic rings. The molecule has 0 spiro atoms. The molecule has 2 N–H and O–H groups in total. The molecule has 6 nitrogen and oxygen atoms in total. The van der Waals surface area contributed by atoms with Gasteiger partial charge in [0.1, 0.15) is 5.82 Å². The predicted octanol–water partition coefficient (Wildman–Crippen LogP) is 2.75. The maximum Gasteiger partial charge on any atom is 0.227 e. The van der Waals surface area contributed by atoms with Crippen LogP contribution in [0.3, 0.4) is 0 Å². The Bertz CT molecular complexity index is 785. The summed E-state index contributed by atoms with van der Waals surface area (Å²) in [6.45, 7) is 6.14. The van der Waals surface area contributed by atoms with Crippen LogP contribution in [-0.4, -0.2) is 36.5 Å². The zero-order valence-corrected chi connectivity index (χ0v) is 15.3. The number of hydrogen-bond acceptors (Lipinski definition) is 3. The van der Waals surface area contributed by atoms with Crippen molar-refractivity contribution in [1.29, 1.82) is 0 Å². The van der Waals surface area contributed by atoms with E-state index in [1.165, 1.54) is 11.3 Å². The zero-order valence-electron chi connectivity index (χ0n) is 15.3. The first kappa shape index (κ1) is 17.9. The fourth-order valence-corrected chi connectivity index (χ4v) is 2.96. The second-order valence-electron chi connectivity index (χ2n) is 6.28. The van der Waals surface area contributed by atoms with E-state index in [-0.39, 0.29) is 5.91 Å². The van der Waals surface area contributed by atoms with Crippen LogP contribution in [-0.2, 0) is 11.2 Å². The molecule has 0 bridgehead atoms. The van der Waals surface area contributed by atoms with Crippen molar-refractivity contribution in [3.05, 3.63) is 53.7 Å². The number of fused-ring (bicyclic) bond motifs is 1. The number of guanidine groups is 1. The number of carbonyl (C=O) groups is 1. The van der Waals surface area contributed by atoms with Crippen molar-refractivity contribution in [2.75, 3.05) is 29.9 Å². The molecule has 0 aliphatic carbocycles. The molecule has 3 rings (SSSR count). The lowest BCUT2D eigenvalue weighted by Gasteiger charge is -2.22. The minimum atomic E-state index is -0.0808. The molecule has 1 aliphatic heterocycles. The number of hydrogen-bond donors (Lipinski definition) is 2. The van der Waals surface area contributed by atoms with Gasteiger partial charge in [-0.15, -0.1) is 0 Å². The summed E-state index contributed by atoms with van der Waals surface area (Å²) in [7, 11) is 0. The van der Waals surface area contributed by atoms with Crippen LogP contribution >= 0.6 is 0 Å². The highest BCUT2D eigenvalue weighted by atomic mass is 16.1. The van der Waals surface area contributed by atoms with E-state index in [4.69, 9.17) is 0 Å². The number of amides is 1. The predicted molar refractivity (Wildman–Crippen MR) is 106 cm³/mol. The normalized spacial score (nSPS) is 13.5. The van der Waals surface area contributed by atoms with E-state index in [9.17, 15) is 4.79 Å². The van der Waals surface area contributed by atoms with Gasteiger partial charge in [0, 0.05) is 31.4 Å². The van der Waals surface area contributed by atoms with Crippen molar-refractivity contribution in [2.45, 2.75) is 26.7 Å². The van der Waals surface area contributed by atoms with Gasteiger partial charge < -0.3 is 15.5 Å². The standard InChI is InChI=1S/C20H25N5O/c1-3-21-20(25-13-11-16-6-4-5-7-17(16)25)22-12-10-19(26)24-18-9-8-15(2)14-23-18/h4-9,14H,3,10-13H2,1-2H3,(H,21,22)(H,23,24,26). The summed E-state index contributed by atoms with van der Waals surface area (Å²) in [6, 6.07) is 12.1. The first-order chi connectivity index (χ1) is 12.7. The van der Waals surface area contributed by atoms with E-state index < -0.39 is 0 Å². The van der Waals surface area contributed by atoms with Crippen LogP contribution in [0.15, 0.2) is 47.6 Å². The summed E-state index contributed by atoms with van der Waals surface area (Å²) in [4.78, 5) is 23.1. The lowest BCUT2D eigenvalue weighted by Crippen LogP contribution is -2.40. The third-order valence-corrected chi connectivity index (χ3v) is 4.26. The molecule has 2 aromatic rings. The Labute approximate surface area is 154 Å². The van der Waals surface area contributed by atoms with E-state index in [0.29, 0.717) is 18.8 Å². The lowest BCUT2D eigenvalue weighted by atomic mass is 10.2. The van der Waals surface area contributed by atoms with Gasteiger partial charge in [-0.25, -0.2) is 4.98 Å². The zero-order chi connectivity index (χ0) is 18.4. The molecule has 1 amide bonds. The highest BCUT2D eigenvalue weighted by Gasteiger charge is 2.22. The maximum atomic E-state index is 12.1.